The lowest BCUT2D eigenvalue weighted by molar-refractivity contribution is -0.137. The number of rotatable bonds is 3. The number of nitrogens with zero attached hydrogens (tertiary/aromatic N) is 3. The second-order valence-electron chi connectivity index (χ2n) is 8.09. The van der Waals surface area contributed by atoms with E-state index in [0.29, 0.717) is 27.2 Å². The SMILES string of the molecule is Cn1c(Cc2c(Cl)ccc(C(=O)N3CCN(C(=O)O)CC3)c2Cl)cc2ccc(C(F)(F)F)cc21. The Bertz CT molecular complexity index is 1280. The molecule has 0 saturated carbocycles. The average Bonchev–Trinajstić information content (AvgIpc) is 3.10. The Morgan fingerprint density at radius 3 is 2.26 bits per heavy atom. The minimum Gasteiger partial charge on any atom is -0.465 e. The van der Waals surface area contributed by atoms with E-state index in [-0.39, 0.29) is 49.1 Å². The molecule has 34 heavy (non-hydrogen) atoms. The third-order valence-corrected chi connectivity index (χ3v) is 6.87. The van der Waals surface area contributed by atoms with E-state index >= 15 is 0 Å². The summed E-state index contributed by atoms with van der Waals surface area (Å²) in [6.07, 6.45) is -5.27. The molecule has 1 aromatic heterocycles. The highest BCUT2D eigenvalue weighted by molar-refractivity contribution is 6.38. The minimum absolute atomic E-state index is 0.166. The van der Waals surface area contributed by atoms with Gasteiger partial charge in [-0.15, -0.1) is 0 Å². The van der Waals surface area contributed by atoms with Crippen molar-refractivity contribution >= 4 is 46.1 Å². The van der Waals surface area contributed by atoms with Gasteiger partial charge in [0.2, 0.25) is 0 Å². The summed E-state index contributed by atoms with van der Waals surface area (Å²) in [6, 6.07) is 8.41. The van der Waals surface area contributed by atoms with Crippen LogP contribution in [0.1, 0.15) is 27.2 Å². The Balaban J connectivity index is 1.63. The minimum atomic E-state index is -4.45. The van der Waals surface area contributed by atoms with E-state index in [9.17, 15) is 22.8 Å². The molecule has 6 nitrogen and oxygen atoms in total. The predicted octanol–water partition coefficient (Wildman–Crippen LogP) is 5.53. The van der Waals surface area contributed by atoms with Gasteiger partial charge in [0.25, 0.3) is 5.91 Å². The van der Waals surface area contributed by atoms with Crippen molar-refractivity contribution in [2.75, 3.05) is 26.2 Å². The zero-order valence-corrected chi connectivity index (χ0v) is 19.5. The van der Waals surface area contributed by atoms with Crippen molar-refractivity contribution in [1.29, 1.82) is 0 Å². The van der Waals surface area contributed by atoms with Crippen molar-refractivity contribution in [3.05, 3.63) is 68.8 Å². The number of fused-ring (bicyclic) bond motifs is 1. The lowest BCUT2D eigenvalue weighted by Gasteiger charge is -2.33. The molecule has 0 spiro atoms. The van der Waals surface area contributed by atoms with E-state index in [1.165, 1.54) is 21.9 Å². The van der Waals surface area contributed by atoms with Crippen LogP contribution in [0.4, 0.5) is 18.0 Å². The monoisotopic (exact) mass is 513 g/mol. The highest BCUT2D eigenvalue weighted by Crippen LogP contribution is 2.35. The quantitative estimate of drug-likeness (QED) is 0.500. The molecule has 1 aliphatic rings. The number of piperazine rings is 1. The average molecular weight is 514 g/mol. The molecular weight excluding hydrogens is 494 g/mol. The first kappa shape index (κ1) is 24.2. The Morgan fingerprint density at radius 2 is 1.65 bits per heavy atom. The zero-order valence-electron chi connectivity index (χ0n) is 18.0. The number of aryl methyl sites for hydroxylation is 1. The van der Waals surface area contributed by atoms with Crippen molar-refractivity contribution in [2.24, 2.45) is 7.05 Å². The molecule has 0 atom stereocenters. The van der Waals surface area contributed by atoms with Crippen LogP contribution in [0.25, 0.3) is 10.9 Å². The van der Waals surface area contributed by atoms with Crippen molar-refractivity contribution in [1.82, 2.24) is 14.4 Å². The fourth-order valence-electron chi connectivity index (χ4n) is 4.11. The third-order valence-electron chi connectivity index (χ3n) is 6.08. The molecule has 3 aromatic rings. The van der Waals surface area contributed by atoms with Gasteiger partial charge in [0.05, 0.1) is 16.1 Å². The summed E-state index contributed by atoms with van der Waals surface area (Å²) in [7, 11) is 1.66. The van der Waals surface area contributed by atoms with Crippen molar-refractivity contribution in [3.8, 4) is 0 Å². The number of benzene rings is 2. The fourth-order valence-corrected chi connectivity index (χ4v) is 4.70. The first-order valence-corrected chi connectivity index (χ1v) is 11.1. The highest BCUT2D eigenvalue weighted by Gasteiger charge is 2.31. The Labute approximate surface area is 203 Å². The van der Waals surface area contributed by atoms with Gasteiger partial charge in [-0.25, -0.2) is 4.79 Å². The van der Waals surface area contributed by atoms with E-state index < -0.39 is 17.8 Å². The van der Waals surface area contributed by atoms with Crippen LogP contribution in [0.5, 0.6) is 0 Å². The van der Waals surface area contributed by atoms with Crippen molar-refractivity contribution in [2.45, 2.75) is 12.6 Å². The van der Waals surface area contributed by atoms with Crippen molar-refractivity contribution < 1.29 is 27.9 Å². The molecule has 0 aliphatic carbocycles. The smallest absolute Gasteiger partial charge is 0.416 e. The van der Waals surface area contributed by atoms with Crippen LogP contribution >= 0.6 is 23.2 Å². The molecule has 180 valence electrons. The van der Waals surface area contributed by atoms with Crippen LogP contribution in [0.2, 0.25) is 10.0 Å². The second kappa shape index (κ2) is 9.03. The zero-order chi connectivity index (χ0) is 24.8. The molecule has 2 amide bonds. The summed E-state index contributed by atoms with van der Waals surface area (Å²) in [6.45, 7) is 0.887. The number of carbonyl (C=O) groups excluding carboxylic acids is 1. The second-order valence-corrected chi connectivity index (χ2v) is 8.88. The maximum Gasteiger partial charge on any atom is 0.416 e. The predicted molar refractivity (Wildman–Crippen MR) is 123 cm³/mol. The van der Waals surface area contributed by atoms with Crippen LogP contribution in [0, 0.1) is 0 Å². The normalized spacial score (nSPS) is 14.6. The highest BCUT2D eigenvalue weighted by atomic mass is 35.5. The number of amides is 2. The molecular formula is C23H20Cl2F3N3O3. The molecule has 0 radical (unpaired) electrons. The van der Waals surface area contributed by atoms with Gasteiger partial charge in [0.1, 0.15) is 0 Å². The number of aromatic nitrogens is 1. The summed E-state index contributed by atoms with van der Waals surface area (Å²) in [5, 5.41) is 10.2. The van der Waals surface area contributed by atoms with E-state index in [0.717, 1.165) is 12.1 Å². The first-order valence-electron chi connectivity index (χ1n) is 10.4. The van der Waals surface area contributed by atoms with E-state index in [1.54, 1.807) is 23.7 Å². The maximum absolute atomic E-state index is 13.1. The number of hydrogen-bond acceptors (Lipinski definition) is 2. The molecule has 4 rings (SSSR count). The number of hydrogen-bond donors (Lipinski definition) is 1. The standard InChI is InChI=1S/C23H20Cl2F3N3O3/c1-29-15(10-13-2-3-14(11-19(13)29)23(26,27)28)12-17-18(24)5-4-16(20(17)25)21(32)30-6-8-31(9-7-30)22(33)34/h2-5,10-11H,6-9,12H2,1H3,(H,33,34). The van der Waals surface area contributed by atoms with E-state index in [2.05, 4.69) is 0 Å². The van der Waals surface area contributed by atoms with Crippen LogP contribution in [0.3, 0.4) is 0 Å². The Hall–Kier alpha value is -2.91. The van der Waals surface area contributed by atoms with Gasteiger partial charge in [0, 0.05) is 55.9 Å². The molecule has 1 fully saturated rings. The van der Waals surface area contributed by atoms with Crippen LogP contribution in [0.15, 0.2) is 36.4 Å². The summed E-state index contributed by atoms with van der Waals surface area (Å²) < 4.78 is 41.0. The first-order chi connectivity index (χ1) is 16.0. The van der Waals surface area contributed by atoms with Crippen molar-refractivity contribution in [3.63, 3.8) is 0 Å². The Morgan fingerprint density at radius 1 is 1.00 bits per heavy atom. The molecule has 0 unspecified atom stereocenters. The molecule has 1 saturated heterocycles. The van der Waals surface area contributed by atoms with Crippen LogP contribution < -0.4 is 0 Å². The molecule has 1 N–H and O–H groups in total. The van der Waals surface area contributed by atoms with Crippen LogP contribution in [-0.4, -0.2) is 57.7 Å². The summed E-state index contributed by atoms with van der Waals surface area (Å²) in [4.78, 5) is 26.9. The molecule has 1 aliphatic heterocycles. The number of carbonyl (C=O) groups is 2. The van der Waals surface area contributed by atoms with E-state index in [1.807, 2.05) is 0 Å². The topological polar surface area (TPSA) is 65.8 Å². The van der Waals surface area contributed by atoms with Gasteiger partial charge in [-0.05, 0) is 41.3 Å². The molecule has 2 heterocycles. The van der Waals surface area contributed by atoms with Gasteiger partial charge >= 0.3 is 12.3 Å². The van der Waals surface area contributed by atoms with E-state index in [4.69, 9.17) is 28.3 Å². The summed E-state index contributed by atoms with van der Waals surface area (Å²) >= 11 is 13.0. The largest absolute Gasteiger partial charge is 0.465 e. The van der Waals surface area contributed by atoms with Gasteiger partial charge in [-0.3, -0.25) is 4.79 Å². The molecule has 2 aromatic carbocycles. The maximum atomic E-state index is 13.1. The van der Waals surface area contributed by atoms with Crippen LogP contribution in [-0.2, 0) is 19.6 Å². The Kier molecular flexibility index (Phi) is 6.44. The van der Waals surface area contributed by atoms with Gasteiger partial charge in [0.15, 0.2) is 0 Å². The third kappa shape index (κ3) is 4.54. The summed E-state index contributed by atoms with van der Waals surface area (Å²) in [5.74, 6) is -0.334. The van der Waals surface area contributed by atoms with Gasteiger partial charge in [-0.2, -0.15) is 13.2 Å². The van der Waals surface area contributed by atoms with Gasteiger partial charge < -0.3 is 19.5 Å². The van der Waals surface area contributed by atoms with Gasteiger partial charge in [-0.1, -0.05) is 29.3 Å². The molecule has 11 heteroatoms. The summed E-state index contributed by atoms with van der Waals surface area (Å²) in [5.41, 5.74) is 1.08. The number of carboxylic acid groups (broad SMARTS) is 1. The lowest BCUT2D eigenvalue weighted by atomic mass is 10.0. The number of alkyl halides is 3. The molecule has 0 bridgehead atoms. The lowest BCUT2D eigenvalue weighted by Crippen LogP contribution is -2.50. The fraction of sp³-hybridized carbons (Fsp3) is 0.304. The number of halogens is 5.